The van der Waals surface area contributed by atoms with Gasteiger partial charge in [-0.05, 0) is 62.2 Å². The van der Waals surface area contributed by atoms with Gasteiger partial charge < -0.3 is 14.4 Å². The van der Waals surface area contributed by atoms with Crippen LogP contribution >= 0.6 is 0 Å². The molecule has 144 valence electrons. The lowest BCUT2D eigenvalue weighted by atomic mass is 9.78. The molecule has 0 unspecified atom stereocenters. The number of hydrogen-bond acceptors (Lipinski definition) is 5. The van der Waals surface area contributed by atoms with Gasteiger partial charge in [0.15, 0.2) is 11.5 Å². The highest BCUT2D eigenvalue weighted by molar-refractivity contribution is 5.68. The van der Waals surface area contributed by atoms with Crippen molar-refractivity contribution in [2.24, 2.45) is 0 Å². The minimum Gasteiger partial charge on any atom is -0.454 e. The molecule has 5 rings (SSSR count). The van der Waals surface area contributed by atoms with E-state index in [1.807, 2.05) is 24.4 Å². The van der Waals surface area contributed by atoms with Gasteiger partial charge in [-0.15, -0.1) is 0 Å². The van der Waals surface area contributed by atoms with Gasteiger partial charge in [0.2, 0.25) is 6.79 Å². The molecular weight excluding hydrogens is 354 g/mol. The lowest BCUT2D eigenvalue weighted by molar-refractivity contribution is 0.174. The highest BCUT2D eigenvalue weighted by Gasteiger charge is 2.26. The average molecular weight is 377 g/mol. The third-order valence-electron chi connectivity index (χ3n) is 5.69. The summed E-state index contributed by atoms with van der Waals surface area (Å²) in [5, 5.41) is 0. The SMILES string of the molecule is CN(C)Cc1ccn2c(=O)c(-c3ccc4c(c3)OCO4)cnc2c1C1CCC1. The Morgan fingerprint density at radius 1 is 1.18 bits per heavy atom. The van der Waals surface area contributed by atoms with Gasteiger partial charge in [0.1, 0.15) is 5.65 Å². The van der Waals surface area contributed by atoms with E-state index in [1.54, 1.807) is 10.6 Å². The van der Waals surface area contributed by atoms with Crippen molar-refractivity contribution >= 4 is 5.65 Å². The van der Waals surface area contributed by atoms with Crippen LogP contribution in [-0.4, -0.2) is 35.2 Å². The molecule has 28 heavy (non-hydrogen) atoms. The summed E-state index contributed by atoms with van der Waals surface area (Å²) in [5.74, 6) is 1.87. The molecule has 1 aliphatic carbocycles. The van der Waals surface area contributed by atoms with E-state index >= 15 is 0 Å². The van der Waals surface area contributed by atoms with Crippen molar-refractivity contribution < 1.29 is 9.47 Å². The molecule has 1 saturated carbocycles. The molecule has 1 aliphatic heterocycles. The Labute approximate surface area is 163 Å². The summed E-state index contributed by atoms with van der Waals surface area (Å²) in [6.07, 6.45) is 7.14. The number of hydrogen-bond donors (Lipinski definition) is 0. The van der Waals surface area contributed by atoms with Crippen LogP contribution in [0, 0.1) is 0 Å². The van der Waals surface area contributed by atoms with Gasteiger partial charge in [0, 0.05) is 24.5 Å². The second kappa shape index (κ2) is 6.63. The first-order chi connectivity index (χ1) is 13.6. The van der Waals surface area contributed by atoms with Crippen molar-refractivity contribution in [2.75, 3.05) is 20.9 Å². The van der Waals surface area contributed by atoms with Gasteiger partial charge in [-0.25, -0.2) is 4.98 Å². The molecule has 6 nitrogen and oxygen atoms in total. The molecule has 0 saturated heterocycles. The number of nitrogens with zero attached hydrogens (tertiary/aromatic N) is 3. The summed E-state index contributed by atoms with van der Waals surface area (Å²) >= 11 is 0. The van der Waals surface area contributed by atoms with E-state index in [0.717, 1.165) is 17.8 Å². The van der Waals surface area contributed by atoms with Crippen LogP contribution in [0.3, 0.4) is 0 Å². The first kappa shape index (κ1) is 17.3. The van der Waals surface area contributed by atoms with E-state index in [4.69, 9.17) is 14.5 Å². The Kier molecular flexibility index (Phi) is 4.09. The molecule has 0 radical (unpaired) electrons. The van der Waals surface area contributed by atoms with Crippen molar-refractivity contribution in [3.63, 3.8) is 0 Å². The molecule has 0 atom stereocenters. The summed E-state index contributed by atoms with van der Waals surface area (Å²) in [4.78, 5) is 20.2. The van der Waals surface area contributed by atoms with Crippen molar-refractivity contribution in [1.29, 1.82) is 0 Å². The molecule has 3 aromatic rings. The maximum absolute atomic E-state index is 13.3. The quantitative estimate of drug-likeness (QED) is 0.697. The number of pyridine rings is 1. The number of rotatable bonds is 4. The first-order valence-corrected chi connectivity index (χ1v) is 9.70. The Bertz CT molecular complexity index is 1120. The maximum atomic E-state index is 13.3. The van der Waals surface area contributed by atoms with Crippen LogP contribution in [0.15, 0.2) is 41.5 Å². The number of aromatic nitrogens is 2. The smallest absolute Gasteiger partial charge is 0.265 e. The Hall–Kier alpha value is -2.86. The van der Waals surface area contributed by atoms with Crippen LogP contribution in [-0.2, 0) is 6.54 Å². The summed E-state index contributed by atoms with van der Waals surface area (Å²) in [7, 11) is 4.13. The number of fused-ring (bicyclic) bond motifs is 2. The molecule has 0 amide bonds. The highest BCUT2D eigenvalue weighted by atomic mass is 16.7. The third-order valence-corrected chi connectivity index (χ3v) is 5.69. The predicted molar refractivity (Wildman–Crippen MR) is 107 cm³/mol. The monoisotopic (exact) mass is 377 g/mol. The molecule has 3 heterocycles. The molecule has 2 aromatic heterocycles. The molecular formula is C22H23N3O3. The summed E-state index contributed by atoms with van der Waals surface area (Å²) in [6.45, 7) is 1.06. The number of ether oxygens (including phenoxy) is 2. The Balaban J connectivity index is 1.66. The van der Waals surface area contributed by atoms with Crippen molar-refractivity contribution in [2.45, 2.75) is 31.7 Å². The second-order valence-corrected chi connectivity index (χ2v) is 7.86. The van der Waals surface area contributed by atoms with Crippen molar-refractivity contribution in [3.8, 4) is 22.6 Å². The molecule has 1 aromatic carbocycles. The van der Waals surface area contributed by atoms with Crippen LogP contribution in [0.4, 0.5) is 0 Å². The third kappa shape index (κ3) is 2.76. The van der Waals surface area contributed by atoms with Gasteiger partial charge in [0.25, 0.3) is 5.56 Å². The van der Waals surface area contributed by atoms with Gasteiger partial charge in [-0.2, -0.15) is 0 Å². The zero-order chi connectivity index (χ0) is 19.3. The fraction of sp³-hybridized carbons (Fsp3) is 0.364. The topological polar surface area (TPSA) is 56.1 Å². The van der Waals surface area contributed by atoms with E-state index in [-0.39, 0.29) is 12.4 Å². The predicted octanol–water partition coefficient (Wildman–Crippen LogP) is 3.42. The molecule has 0 spiro atoms. The van der Waals surface area contributed by atoms with Crippen LogP contribution in [0.1, 0.15) is 36.3 Å². The molecule has 1 fully saturated rings. The fourth-order valence-corrected chi connectivity index (χ4v) is 4.09. The maximum Gasteiger partial charge on any atom is 0.265 e. The van der Waals surface area contributed by atoms with Gasteiger partial charge >= 0.3 is 0 Å². The minimum absolute atomic E-state index is 0.0548. The summed E-state index contributed by atoms with van der Waals surface area (Å²) < 4.78 is 12.5. The van der Waals surface area contributed by atoms with E-state index in [0.29, 0.717) is 23.0 Å². The summed E-state index contributed by atoms with van der Waals surface area (Å²) in [5.41, 5.74) is 4.59. The fourth-order valence-electron chi connectivity index (χ4n) is 4.09. The molecule has 0 bridgehead atoms. The second-order valence-electron chi connectivity index (χ2n) is 7.86. The minimum atomic E-state index is -0.0548. The van der Waals surface area contributed by atoms with Crippen LogP contribution in [0.5, 0.6) is 11.5 Å². The average Bonchev–Trinajstić information content (AvgIpc) is 3.09. The first-order valence-electron chi connectivity index (χ1n) is 9.70. The largest absolute Gasteiger partial charge is 0.454 e. The van der Waals surface area contributed by atoms with Crippen LogP contribution in [0.2, 0.25) is 0 Å². The highest BCUT2D eigenvalue weighted by Crippen LogP contribution is 2.40. The van der Waals surface area contributed by atoms with Crippen LogP contribution in [0.25, 0.3) is 16.8 Å². The molecule has 2 aliphatic rings. The lowest BCUT2D eigenvalue weighted by Gasteiger charge is -2.29. The van der Waals surface area contributed by atoms with Gasteiger partial charge in [-0.3, -0.25) is 9.20 Å². The Morgan fingerprint density at radius 3 is 2.75 bits per heavy atom. The zero-order valence-corrected chi connectivity index (χ0v) is 16.1. The van der Waals surface area contributed by atoms with E-state index < -0.39 is 0 Å². The van der Waals surface area contributed by atoms with Gasteiger partial charge in [-0.1, -0.05) is 12.5 Å². The van der Waals surface area contributed by atoms with E-state index in [9.17, 15) is 4.79 Å². The standard InChI is InChI=1S/C22H23N3O3/c1-24(2)12-16-8-9-25-21(20(16)14-4-3-5-14)23-11-17(22(25)26)15-6-7-18-19(10-15)28-13-27-18/h6-11,14H,3-5,12-13H2,1-2H3. The zero-order valence-electron chi connectivity index (χ0n) is 16.1. The van der Waals surface area contributed by atoms with E-state index in [2.05, 4.69) is 25.1 Å². The molecule has 6 heteroatoms. The van der Waals surface area contributed by atoms with E-state index in [1.165, 1.54) is 30.4 Å². The normalized spacial score (nSPS) is 16.0. The molecule has 0 N–H and O–H groups in total. The summed E-state index contributed by atoms with van der Waals surface area (Å²) in [6, 6.07) is 7.64. The van der Waals surface area contributed by atoms with Crippen molar-refractivity contribution in [3.05, 3.63) is 58.1 Å². The van der Waals surface area contributed by atoms with Crippen LogP contribution < -0.4 is 15.0 Å². The number of benzene rings is 1. The lowest BCUT2D eigenvalue weighted by Crippen LogP contribution is -2.23. The van der Waals surface area contributed by atoms with Crippen molar-refractivity contribution in [1.82, 2.24) is 14.3 Å². The Morgan fingerprint density at radius 2 is 2.00 bits per heavy atom. The van der Waals surface area contributed by atoms with Gasteiger partial charge in [0.05, 0.1) is 5.56 Å².